The second kappa shape index (κ2) is 5.69. The second-order valence-electron chi connectivity index (χ2n) is 3.13. The lowest BCUT2D eigenvalue weighted by molar-refractivity contribution is -0.178. The third kappa shape index (κ3) is 5.54. The summed E-state index contributed by atoms with van der Waals surface area (Å²) >= 11 is 0. The van der Waals surface area contributed by atoms with E-state index in [-0.39, 0.29) is 0 Å². The largest absolute Gasteiger partial charge is 0.480 e. The zero-order chi connectivity index (χ0) is 12.9. The highest BCUT2D eigenvalue weighted by atomic mass is 19.4. The van der Waals surface area contributed by atoms with Crippen molar-refractivity contribution in [3.05, 3.63) is 0 Å². The Morgan fingerprint density at radius 1 is 1.44 bits per heavy atom. The number of hydrogen-bond acceptors (Lipinski definition) is 3. The highest BCUT2D eigenvalue weighted by Crippen LogP contribution is 2.14. The van der Waals surface area contributed by atoms with Crippen molar-refractivity contribution in [3.8, 4) is 0 Å². The molecule has 0 rings (SSSR count). The number of carbonyl (C=O) groups is 2. The van der Waals surface area contributed by atoms with Gasteiger partial charge in [-0.2, -0.15) is 13.2 Å². The van der Waals surface area contributed by atoms with Gasteiger partial charge in [-0.1, -0.05) is 0 Å². The van der Waals surface area contributed by atoms with Crippen LogP contribution in [-0.4, -0.2) is 54.4 Å². The van der Waals surface area contributed by atoms with Gasteiger partial charge in [-0.25, -0.2) is 4.79 Å². The van der Waals surface area contributed by atoms with Gasteiger partial charge < -0.3 is 14.7 Å². The van der Waals surface area contributed by atoms with E-state index in [0.717, 1.165) is 4.90 Å². The first kappa shape index (κ1) is 14.7. The molecule has 1 N–H and O–H groups in total. The minimum Gasteiger partial charge on any atom is -0.480 e. The van der Waals surface area contributed by atoms with Crippen LogP contribution in [0.3, 0.4) is 0 Å². The van der Waals surface area contributed by atoms with Crippen molar-refractivity contribution in [2.75, 3.05) is 20.3 Å². The summed E-state index contributed by atoms with van der Waals surface area (Å²) in [6.07, 6.45) is -4.50. The van der Waals surface area contributed by atoms with Crippen molar-refractivity contribution in [2.45, 2.75) is 19.1 Å². The van der Waals surface area contributed by atoms with Gasteiger partial charge in [0, 0.05) is 7.05 Å². The molecule has 0 fully saturated rings. The van der Waals surface area contributed by atoms with Gasteiger partial charge in [0.15, 0.2) is 0 Å². The van der Waals surface area contributed by atoms with E-state index in [4.69, 9.17) is 5.11 Å². The zero-order valence-corrected chi connectivity index (χ0v) is 8.74. The van der Waals surface area contributed by atoms with Gasteiger partial charge in [-0.15, -0.1) is 0 Å². The Labute approximate surface area is 89.8 Å². The predicted molar refractivity (Wildman–Crippen MR) is 46.7 cm³/mol. The van der Waals surface area contributed by atoms with Gasteiger partial charge in [-0.3, -0.25) is 4.79 Å². The molecular formula is C8H12F3NO4. The number of hydrogen-bond donors (Lipinski definition) is 1. The zero-order valence-electron chi connectivity index (χ0n) is 8.74. The molecule has 0 aromatic carbocycles. The second-order valence-corrected chi connectivity index (χ2v) is 3.13. The summed E-state index contributed by atoms with van der Waals surface area (Å²) in [6.45, 7) is -1.09. The molecule has 0 radical (unpaired) electrons. The summed E-state index contributed by atoms with van der Waals surface area (Å²) < 4.78 is 39.1. The molecule has 0 bridgehead atoms. The Morgan fingerprint density at radius 2 is 1.94 bits per heavy atom. The molecule has 8 heteroatoms. The van der Waals surface area contributed by atoms with Gasteiger partial charge in [0.05, 0.1) is 0 Å². The van der Waals surface area contributed by atoms with Crippen LogP contribution in [0.15, 0.2) is 0 Å². The van der Waals surface area contributed by atoms with Crippen LogP contribution in [0.4, 0.5) is 13.2 Å². The molecule has 1 unspecified atom stereocenters. The lowest BCUT2D eigenvalue weighted by Gasteiger charge is -2.21. The SMILES string of the molecule is CC(C(=O)O)N(C)C(=O)COCC(F)(F)F. The summed E-state index contributed by atoms with van der Waals surface area (Å²) in [6, 6.07) is -1.11. The number of nitrogens with zero attached hydrogens (tertiary/aromatic N) is 1. The van der Waals surface area contributed by atoms with E-state index in [2.05, 4.69) is 4.74 Å². The Bertz CT molecular complexity index is 266. The Kier molecular flexibility index (Phi) is 5.22. The summed E-state index contributed by atoms with van der Waals surface area (Å²) in [5.41, 5.74) is 0. The highest BCUT2D eigenvalue weighted by Gasteiger charge is 2.29. The van der Waals surface area contributed by atoms with Crippen LogP contribution in [0.25, 0.3) is 0 Å². The molecule has 0 aromatic rings. The number of rotatable bonds is 5. The molecule has 0 aliphatic heterocycles. The molecule has 0 spiro atoms. The number of carboxylic acid groups (broad SMARTS) is 1. The van der Waals surface area contributed by atoms with Crippen molar-refractivity contribution >= 4 is 11.9 Å². The monoisotopic (exact) mass is 243 g/mol. The third-order valence-electron chi connectivity index (χ3n) is 1.82. The lowest BCUT2D eigenvalue weighted by atomic mass is 10.3. The fourth-order valence-electron chi connectivity index (χ4n) is 0.738. The molecule has 0 aliphatic carbocycles. The number of alkyl halides is 3. The standard InChI is InChI=1S/C8H12F3NO4/c1-5(7(14)15)12(2)6(13)3-16-4-8(9,10)11/h5H,3-4H2,1-2H3,(H,14,15). The summed E-state index contributed by atoms with van der Waals surface area (Å²) in [7, 11) is 1.18. The molecule has 0 aromatic heterocycles. The van der Waals surface area contributed by atoms with Crippen LogP contribution in [0.1, 0.15) is 6.92 Å². The first-order valence-electron chi connectivity index (χ1n) is 4.28. The van der Waals surface area contributed by atoms with E-state index in [0.29, 0.717) is 0 Å². The smallest absolute Gasteiger partial charge is 0.411 e. The molecule has 94 valence electrons. The maximum Gasteiger partial charge on any atom is 0.411 e. The van der Waals surface area contributed by atoms with Crippen molar-refractivity contribution in [1.82, 2.24) is 4.90 Å². The van der Waals surface area contributed by atoms with Crippen LogP contribution in [-0.2, 0) is 14.3 Å². The number of aliphatic carboxylic acids is 1. The van der Waals surface area contributed by atoms with Crippen LogP contribution < -0.4 is 0 Å². The summed E-state index contributed by atoms with van der Waals surface area (Å²) in [4.78, 5) is 22.4. The van der Waals surface area contributed by atoms with Crippen LogP contribution >= 0.6 is 0 Å². The quantitative estimate of drug-likeness (QED) is 0.763. The summed E-state index contributed by atoms with van der Waals surface area (Å²) in [5.74, 6) is -2.06. The fraction of sp³-hybridized carbons (Fsp3) is 0.750. The molecule has 0 saturated heterocycles. The molecule has 0 aliphatic rings. The minimum atomic E-state index is -4.50. The number of ether oxygens (including phenoxy) is 1. The topological polar surface area (TPSA) is 66.8 Å². The van der Waals surface area contributed by atoms with Crippen molar-refractivity contribution in [3.63, 3.8) is 0 Å². The van der Waals surface area contributed by atoms with E-state index in [1.165, 1.54) is 14.0 Å². The average molecular weight is 243 g/mol. The molecule has 1 atom stereocenters. The molecule has 16 heavy (non-hydrogen) atoms. The van der Waals surface area contributed by atoms with Crippen molar-refractivity contribution in [1.29, 1.82) is 0 Å². The number of carbonyl (C=O) groups excluding carboxylic acids is 1. The molecule has 1 amide bonds. The van der Waals surface area contributed by atoms with Gasteiger partial charge >= 0.3 is 12.1 Å². The minimum absolute atomic E-state index is 0.798. The van der Waals surface area contributed by atoms with E-state index in [1.807, 2.05) is 0 Å². The molecule has 0 heterocycles. The van der Waals surface area contributed by atoms with Gasteiger partial charge in [0.2, 0.25) is 5.91 Å². The first-order valence-corrected chi connectivity index (χ1v) is 4.28. The highest BCUT2D eigenvalue weighted by molar-refractivity contribution is 5.83. The first-order chi connectivity index (χ1) is 7.15. The van der Waals surface area contributed by atoms with Crippen LogP contribution in [0.5, 0.6) is 0 Å². The fourth-order valence-corrected chi connectivity index (χ4v) is 0.738. The van der Waals surface area contributed by atoms with Crippen molar-refractivity contribution < 1.29 is 32.6 Å². The van der Waals surface area contributed by atoms with E-state index >= 15 is 0 Å². The van der Waals surface area contributed by atoms with Gasteiger partial charge in [0.1, 0.15) is 19.3 Å². The third-order valence-corrected chi connectivity index (χ3v) is 1.82. The lowest BCUT2D eigenvalue weighted by Crippen LogP contribution is -2.42. The Hall–Kier alpha value is -1.31. The summed E-state index contributed by atoms with van der Waals surface area (Å²) in [5, 5.41) is 8.54. The predicted octanol–water partition coefficient (Wildman–Crippen LogP) is 0.497. The normalized spacial score (nSPS) is 13.3. The number of likely N-dealkylation sites (N-methyl/N-ethyl adjacent to an activating group) is 1. The van der Waals surface area contributed by atoms with E-state index < -0.39 is 37.3 Å². The average Bonchev–Trinajstić information content (AvgIpc) is 2.13. The van der Waals surface area contributed by atoms with Crippen LogP contribution in [0, 0.1) is 0 Å². The molecular weight excluding hydrogens is 231 g/mol. The number of halogens is 3. The van der Waals surface area contributed by atoms with Crippen LogP contribution in [0.2, 0.25) is 0 Å². The maximum atomic E-state index is 11.6. The Morgan fingerprint density at radius 3 is 2.31 bits per heavy atom. The number of amides is 1. The molecule has 5 nitrogen and oxygen atoms in total. The van der Waals surface area contributed by atoms with Gasteiger partial charge in [0.25, 0.3) is 0 Å². The molecule has 0 saturated carbocycles. The maximum absolute atomic E-state index is 11.6. The van der Waals surface area contributed by atoms with E-state index in [9.17, 15) is 22.8 Å². The number of carboxylic acids is 1. The van der Waals surface area contributed by atoms with Crippen molar-refractivity contribution in [2.24, 2.45) is 0 Å². The van der Waals surface area contributed by atoms with E-state index in [1.54, 1.807) is 0 Å². The van der Waals surface area contributed by atoms with Gasteiger partial charge in [-0.05, 0) is 6.92 Å². The Balaban J connectivity index is 4.03.